The molecule has 0 bridgehead atoms. The van der Waals surface area contributed by atoms with Crippen LogP contribution in [0, 0.1) is 10.1 Å². The van der Waals surface area contributed by atoms with Crippen molar-refractivity contribution in [2.24, 2.45) is 0 Å². The molecule has 0 radical (unpaired) electrons. The van der Waals surface area contributed by atoms with Crippen LogP contribution in [0.25, 0.3) is 0 Å². The van der Waals surface area contributed by atoms with Gasteiger partial charge in [0, 0.05) is 43.5 Å². The monoisotopic (exact) mass is 300 g/mol. The number of rotatable bonds is 2. The van der Waals surface area contributed by atoms with Gasteiger partial charge in [-0.05, 0) is 13.0 Å². The van der Waals surface area contributed by atoms with Crippen molar-refractivity contribution in [2.75, 3.05) is 25.4 Å². The third-order valence-corrected chi connectivity index (χ3v) is 3.13. The lowest BCUT2D eigenvalue weighted by Crippen LogP contribution is -2.51. The van der Waals surface area contributed by atoms with Crippen LogP contribution >= 0.6 is 12.4 Å². The summed E-state index contributed by atoms with van der Waals surface area (Å²) in [7, 11) is 0. The van der Waals surface area contributed by atoms with E-state index in [1.807, 2.05) is 6.92 Å². The number of nitro benzene ring substituents is 1. The van der Waals surface area contributed by atoms with Gasteiger partial charge in [-0.2, -0.15) is 0 Å². The maximum absolute atomic E-state index is 12.3. The number of nitro groups is 1. The fourth-order valence-corrected chi connectivity index (χ4v) is 2.13. The van der Waals surface area contributed by atoms with Gasteiger partial charge in [-0.1, -0.05) is 0 Å². The van der Waals surface area contributed by atoms with Crippen LogP contribution in [0.1, 0.15) is 17.3 Å². The molecule has 3 N–H and O–H groups in total. The number of halogens is 1. The maximum atomic E-state index is 12.3. The van der Waals surface area contributed by atoms with Crippen molar-refractivity contribution in [1.82, 2.24) is 10.2 Å². The lowest BCUT2D eigenvalue weighted by molar-refractivity contribution is -0.384. The van der Waals surface area contributed by atoms with Gasteiger partial charge in [0.25, 0.3) is 11.6 Å². The highest BCUT2D eigenvalue weighted by molar-refractivity contribution is 5.99. The topological polar surface area (TPSA) is 102 Å². The van der Waals surface area contributed by atoms with E-state index in [4.69, 9.17) is 5.73 Å². The number of carbonyl (C=O) groups excluding carboxylic acids is 1. The molecule has 1 aromatic carbocycles. The molecule has 1 amide bonds. The molecule has 2 rings (SSSR count). The Morgan fingerprint density at radius 3 is 2.85 bits per heavy atom. The molecule has 0 saturated carbocycles. The van der Waals surface area contributed by atoms with Crippen molar-refractivity contribution < 1.29 is 9.72 Å². The molecule has 0 aliphatic carbocycles. The number of benzene rings is 1. The lowest BCUT2D eigenvalue weighted by atomic mass is 10.1. The van der Waals surface area contributed by atoms with Crippen LogP contribution in [-0.4, -0.2) is 41.4 Å². The van der Waals surface area contributed by atoms with Gasteiger partial charge in [-0.15, -0.1) is 12.4 Å². The van der Waals surface area contributed by atoms with Crippen molar-refractivity contribution in [1.29, 1.82) is 0 Å². The Morgan fingerprint density at radius 2 is 2.25 bits per heavy atom. The van der Waals surface area contributed by atoms with Crippen molar-refractivity contribution in [3.8, 4) is 0 Å². The van der Waals surface area contributed by atoms with Gasteiger partial charge in [0.05, 0.1) is 10.5 Å². The molecule has 1 aliphatic rings. The molecule has 0 aromatic heterocycles. The van der Waals surface area contributed by atoms with E-state index in [-0.39, 0.29) is 41.3 Å². The molecule has 1 heterocycles. The van der Waals surface area contributed by atoms with E-state index in [0.29, 0.717) is 19.6 Å². The van der Waals surface area contributed by atoms with Crippen LogP contribution in [-0.2, 0) is 0 Å². The summed E-state index contributed by atoms with van der Waals surface area (Å²) in [5.41, 5.74) is 6.08. The van der Waals surface area contributed by atoms with Crippen LogP contribution in [0.4, 0.5) is 11.4 Å². The molecular weight excluding hydrogens is 284 g/mol. The molecule has 110 valence electrons. The van der Waals surface area contributed by atoms with Crippen molar-refractivity contribution in [3.63, 3.8) is 0 Å². The number of carbonyl (C=O) groups is 1. The van der Waals surface area contributed by atoms with Crippen LogP contribution in [0.15, 0.2) is 18.2 Å². The van der Waals surface area contributed by atoms with Crippen molar-refractivity contribution >= 4 is 29.7 Å². The number of nitrogens with one attached hydrogen (secondary N) is 1. The first kappa shape index (κ1) is 16.2. The van der Waals surface area contributed by atoms with E-state index < -0.39 is 4.92 Å². The largest absolute Gasteiger partial charge is 0.398 e. The zero-order valence-corrected chi connectivity index (χ0v) is 11.9. The second kappa shape index (κ2) is 6.53. The molecule has 1 atom stereocenters. The molecule has 7 nitrogen and oxygen atoms in total. The molecule has 1 fully saturated rings. The highest BCUT2D eigenvalue weighted by atomic mass is 35.5. The highest BCUT2D eigenvalue weighted by Crippen LogP contribution is 2.21. The second-order valence-electron chi connectivity index (χ2n) is 4.64. The first-order valence-corrected chi connectivity index (χ1v) is 6.05. The number of nitrogens with two attached hydrogens (primary N) is 1. The number of amides is 1. The smallest absolute Gasteiger partial charge is 0.270 e. The van der Waals surface area contributed by atoms with E-state index in [1.54, 1.807) is 4.90 Å². The van der Waals surface area contributed by atoms with Crippen molar-refractivity contribution in [2.45, 2.75) is 13.0 Å². The summed E-state index contributed by atoms with van der Waals surface area (Å²) in [4.78, 5) is 24.2. The number of hydrogen-bond donors (Lipinski definition) is 2. The maximum Gasteiger partial charge on any atom is 0.270 e. The Morgan fingerprint density at radius 1 is 1.55 bits per heavy atom. The Kier molecular flexibility index (Phi) is 5.29. The van der Waals surface area contributed by atoms with Crippen LogP contribution < -0.4 is 11.1 Å². The fraction of sp³-hybridized carbons (Fsp3) is 0.417. The van der Waals surface area contributed by atoms with Gasteiger partial charge in [0.1, 0.15) is 0 Å². The summed E-state index contributed by atoms with van der Waals surface area (Å²) in [5, 5.41) is 14.0. The molecule has 1 saturated heterocycles. The predicted octanol–water partition coefficient (Wildman–Crippen LogP) is 1.03. The quantitative estimate of drug-likeness (QED) is 0.482. The number of piperazine rings is 1. The number of anilines is 1. The fourth-order valence-electron chi connectivity index (χ4n) is 2.13. The first-order chi connectivity index (χ1) is 8.99. The van der Waals surface area contributed by atoms with Gasteiger partial charge in [-0.25, -0.2) is 0 Å². The Labute approximate surface area is 122 Å². The van der Waals surface area contributed by atoms with E-state index in [1.165, 1.54) is 18.2 Å². The predicted molar refractivity (Wildman–Crippen MR) is 78.1 cm³/mol. The van der Waals surface area contributed by atoms with Gasteiger partial charge in [-0.3, -0.25) is 14.9 Å². The average molecular weight is 301 g/mol. The molecule has 1 aliphatic heterocycles. The minimum absolute atomic E-state index is 0. The molecular formula is C12H17ClN4O3. The SMILES string of the molecule is C[C@@H]1CN(C(=O)c2cc([N+](=O)[O-])ccc2N)CCN1.Cl. The third-order valence-electron chi connectivity index (χ3n) is 3.13. The zero-order valence-electron chi connectivity index (χ0n) is 11.0. The normalized spacial score (nSPS) is 18.2. The summed E-state index contributed by atoms with van der Waals surface area (Å²) < 4.78 is 0. The summed E-state index contributed by atoms with van der Waals surface area (Å²) in [6.45, 7) is 3.84. The average Bonchev–Trinajstić information content (AvgIpc) is 2.38. The Balaban J connectivity index is 0.00000200. The third kappa shape index (κ3) is 3.37. The summed E-state index contributed by atoms with van der Waals surface area (Å²) in [5.74, 6) is -0.255. The van der Waals surface area contributed by atoms with E-state index in [9.17, 15) is 14.9 Å². The van der Waals surface area contributed by atoms with Crippen LogP contribution in [0.3, 0.4) is 0 Å². The molecule has 0 unspecified atom stereocenters. The summed E-state index contributed by atoms with van der Waals surface area (Å²) >= 11 is 0. The van der Waals surface area contributed by atoms with E-state index >= 15 is 0 Å². The summed E-state index contributed by atoms with van der Waals surface area (Å²) in [6, 6.07) is 4.14. The minimum Gasteiger partial charge on any atom is -0.398 e. The molecule has 0 spiro atoms. The van der Waals surface area contributed by atoms with Crippen molar-refractivity contribution in [3.05, 3.63) is 33.9 Å². The van der Waals surface area contributed by atoms with E-state index in [0.717, 1.165) is 0 Å². The number of nitrogens with zero attached hydrogens (tertiary/aromatic N) is 2. The lowest BCUT2D eigenvalue weighted by Gasteiger charge is -2.32. The van der Waals surface area contributed by atoms with Gasteiger partial charge < -0.3 is 16.0 Å². The molecule has 20 heavy (non-hydrogen) atoms. The van der Waals surface area contributed by atoms with Gasteiger partial charge >= 0.3 is 0 Å². The Bertz CT molecular complexity index is 523. The van der Waals surface area contributed by atoms with Gasteiger partial charge in [0.15, 0.2) is 0 Å². The first-order valence-electron chi connectivity index (χ1n) is 6.05. The number of hydrogen-bond acceptors (Lipinski definition) is 5. The number of nitrogen functional groups attached to an aromatic ring is 1. The number of non-ortho nitro benzene ring substituents is 1. The standard InChI is InChI=1S/C12H16N4O3.ClH/c1-8-7-15(5-4-14-8)12(17)10-6-9(16(18)19)2-3-11(10)13;/h2-3,6,8,14H,4-5,7,13H2,1H3;1H/t8-;/m1./s1. The molecule has 1 aromatic rings. The van der Waals surface area contributed by atoms with Crippen LogP contribution in [0.2, 0.25) is 0 Å². The van der Waals surface area contributed by atoms with Gasteiger partial charge in [0.2, 0.25) is 0 Å². The van der Waals surface area contributed by atoms with E-state index in [2.05, 4.69) is 5.32 Å². The van der Waals surface area contributed by atoms with Crippen LogP contribution in [0.5, 0.6) is 0 Å². The minimum atomic E-state index is -0.531. The second-order valence-corrected chi connectivity index (χ2v) is 4.64. The highest BCUT2D eigenvalue weighted by Gasteiger charge is 2.24. The Hall–Kier alpha value is -1.86. The zero-order chi connectivity index (χ0) is 14.0. The summed E-state index contributed by atoms with van der Waals surface area (Å²) in [6.07, 6.45) is 0. The molecule has 8 heteroatoms.